The van der Waals surface area contributed by atoms with Gasteiger partial charge in [0, 0.05) is 6.20 Å². The summed E-state index contributed by atoms with van der Waals surface area (Å²) in [6, 6.07) is 18.9. The van der Waals surface area contributed by atoms with E-state index in [4.69, 9.17) is 4.74 Å². The van der Waals surface area contributed by atoms with Crippen LogP contribution in [0.3, 0.4) is 0 Å². The lowest BCUT2D eigenvalue weighted by Crippen LogP contribution is -2.35. The van der Waals surface area contributed by atoms with Gasteiger partial charge in [-0.1, -0.05) is 35.9 Å². The molecule has 0 radical (unpaired) electrons. The van der Waals surface area contributed by atoms with E-state index in [0.717, 1.165) is 11.1 Å². The van der Waals surface area contributed by atoms with Gasteiger partial charge in [-0.15, -0.1) is 0 Å². The van der Waals surface area contributed by atoms with E-state index in [0.29, 0.717) is 11.6 Å². The highest BCUT2D eigenvalue weighted by Crippen LogP contribution is 2.16. The Kier molecular flexibility index (Phi) is 5.59. The van der Waals surface area contributed by atoms with Crippen LogP contribution in [-0.4, -0.2) is 17.5 Å². The first-order chi connectivity index (χ1) is 12.6. The van der Waals surface area contributed by atoms with Gasteiger partial charge in [-0.2, -0.15) is 0 Å². The largest absolute Gasteiger partial charge is 0.484 e. The van der Waals surface area contributed by atoms with Crippen LogP contribution >= 0.6 is 0 Å². The van der Waals surface area contributed by atoms with E-state index in [2.05, 4.69) is 4.98 Å². The van der Waals surface area contributed by atoms with Crippen LogP contribution in [0.1, 0.15) is 11.1 Å². The van der Waals surface area contributed by atoms with Crippen LogP contribution in [0.2, 0.25) is 0 Å². The molecule has 0 spiro atoms. The van der Waals surface area contributed by atoms with Crippen molar-refractivity contribution in [1.29, 1.82) is 0 Å². The van der Waals surface area contributed by atoms with Crippen molar-refractivity contribution >= 4 is 11.7 Å². The molecule has 0 atom stereocenters. The SMILES string of the molecule is Cc1ccc(OCC(=O)N(Cc2ccc(F)cc2)c2ccccn2)cc1. The maximum atomic E-state index is 13.1. The number of pyridine rings is 1. The Hall–Kier alpha value is -3.21. The zero-order valence-electron chi connectivity index (χ0n) is 14.4. The molecule has 0 bridgehead atoms. The van der Waals surface area contributed by atoms with Crippen molar-refractivity contribution in [3.05, 3.63) is 89.9 Å². The number of anilines is 1. The molecule has 3 aromatic rings. The van der Waals surface area contributed by atoms with Gasteiger partial charge in [0.15, 0.2) is 6.61 Å². The first-order valence-corrected chi connectivity index (χ1v) is 8.27. The summed E-state index contributed by atoms with van der Waals surface area (Å²) in [6.07, 6.45) is 1.63. The van der Waals surface area contributed by atoms with E-state index in [1.54, 1.807) is 30.5 Å². The molecule has 0 saturated heterocycles. The number of amides is 1. The molecule has 0 N–H and O–H groups in total. The minimum atomic E-state index is -0.313. The molecule has 1 aromatic heterocycles. The maximum Gasteiger partial charge on any atom is 0.266 e. The van der Waals surface area contributed by atoms with Gasteiger partial charge in [-0.3, -0.25) is 9.69 Å². The average Bonchev–Trinajstić information content (AvgIpc) is 2.67. The van der Waals surface area contributed by atoms with Crippen LogP contribution in [0.4, 0.5) is 10.2 Å². The molecule has 0 unspecified atom stereocenters. The number of aromatic nitrogens is 1. The van der Waals surface area contributed by atoms with Crippen molar-refractivity contribution in [2.75, 3.05) is 11.5 Å². The van der Waals surface area contributed by atoms with Crippen molar-refractivity contribution in [2.45, 2.75) is 13.5 Å². The van der Waals surface area contributed by atoms with Gasteiger partial charge in [0.2, 0.25) is 0 Å². The number of rotatable bonds is 6. The minimum Gasteiger partial charge on any atom is -0.484 e. The number of nitrogens with zero attached hydrogens (tertiary/aromatic N) is 2. The second kappa shape index (κ2) is 8.25. The fourth-order valence-electron chi connectivity index (χ4n) is 2.44. The molecule has 0 fully saturated rings. The Morgan fingerprint density at radius 1 is 1.04 bits per heavy atom. The molecular formula is C21H19FN2O2. The molecule has 2 aromatic carbocycles. The van der Waals surface area contributed by atoms with Crippen LogP contribution < -0.4 is 9.64 Å². The van der Waals surface area contributed by atoms with Crippen molar-refractivity contribution in [3.63, 3.8) is 0 Å². The molecule has 1 amide bonds. The summed E-state index contributed by atoms with van der Waals surface area (Å²) < 4.78 is 18.7. The fraction of sp³-hybridized carbons (Fsp3) is 0.143. The van der Waals surface area contributed by atoms with Gasteiger partial charge < -0.3 is 4.74 Å². The number of carbonyl (C=O) groups excluding carboxylic acids is 1. The molecule has 0 aliphatic heterocycles. The van der Waals surface area contributed by atoms with Gasteiger partial charge in [-0.05, 0) is 48.9 Å². The Balaban J connectivity index is 1.74. The molecule has 3 rings (SSSR count). The van der Waals surface area contributed by atoms with E-state index in [-0.39, 0.29) is 24.9 Å². The molecule has 0 aliphatic rings. The smallest absolute Gasteiger partial charge is 0.266 e. The minimum absolute atomic E-state index is 0.110. The third-order valence-electron chi connectivity index (χ3n) is 3.86. The van der Waals surface area contributed by atoms with E-state index in [1.807, 2.05) is 37.3 Å². The summed E-state index contributed by atoms with van der Waals surface area (Å²) >= 11 is 0. The molecule has 26 heavy (non-hydrogen) atoms. The third-order valence-corrected chi connectivity index (χ3v) is 3.86. The zero-order chi connectivity index (χ0) is 18.4. The van der Waals surface area contributed by atoms with Crippen LogP contribution in [0.15, 0.2) is 72.9 Å². The standard InChI is InChI=1S/C21H19FN2O2/c1-16-5-11-19(12-6-16)26-15-21(25)24(20-4-2-3-13-23-20)14-17-7-9-18(22)10-8-17/h2-13H,14-15H2,1H3. The fourth-order valence-corrected chi connectivity index (χ4v) is 2.44. The summed E-state index contributed by atoms with van der Waals surface area (Å²) in [7, 11) is 0. The van der Waals surface area contributed by atoms with Gasteiger partial charge in [-0.25, -0.2) is 9.37 Å². The van der Waals surface area contributed by atoms with E-state index >= 15 is 0 Å². The summed E-state index contributed by atoms with van der Waals surface area (Å²) in [5, 5.41) is 0. The predicted octanol–water partition coefficient (Wildman–Crippen LogP) is 4.14. The van der Waals surface area contributed by atoms with Crippen molar-refractivity contribution < 1.29 is 13.9 Å². The lowest BCUT2D eigenvalue weighted by molar-refractivity contribution is -0.120. The topological polar surface area (TPSA) is 42.4 Å². The number of aryl methyl sites for hydroxylation is 1. The molecule has 4 nitrogen and oxygen atoms in total. The van der Waals surface area contributed by atoms with E-state index < -0.39 is 0 Å². The monoisotopic (exact) mass is 350 g/mol. The summed E-state index contributed by atoms with van der Waals surface area (Å²) in [5.74, 6) is 0.613. The predicted molar refractivity (Wildman–Crippen MR) is 98.5 cm³/mol. The maximum absolute atomic E-state index is 13.1. The van der Waals surface area contributed by atoms with Gasteiger partial charge in [0.05, 0.1) is 6.54 Å². The highest BCUT2D eigenvalue weighted by Gasteiger charge is 2.18. The highest BCUT2D eigenvalue weighted by atomic mass is 19.1. The van der Waals surface area contributed by atoms with Gasteiger partial charge in [0.25, 0.3) is 5.91 Å². The zero-order valence-corrected chi connectivity index (χ0v) is 14.4. The Labute approximate surface area is 151 Å². The second-order valence-electron chi connectivity index (χ2n) is 5.90. The van der Waals surface area contributed by atoms with Crippen molar-refractivity contribution in [1.82, 2.24) is 4.98 Å². The van der Waals surface area contributed by atoms with Crippen LogP contribution in [0.25, 0.3) is 0 Å². The van der Waals surface area contributed by atoms with Crippen LogP contribution in [-0.2, 0) is 11.3 Å². The van der Waals surface area contributed by atoms with Crippen molar-refractivity contribution in [2.24, 2.45) is 0 Å². The number of benzene rings is 2. The second-order valence-corrected chi connectivity index (χ2v) is 5.90. The van der Waals surface area contributed by atoms with Gasteiger partial charge in [0.1, 0.15) is 17.4 Å². The number of hydrogen-bond donors (Lipinski definition) is 0. The number of ether oxygens (including phenoxy) is 1. The Bertz CT molecular complexity index is 849. The third kappa shape index (κ3) is 4.66. The highest BCUT2D eigenvalue weighted by molar-refractivity contribution is 5.93. The quantitative estimate of drug-likeness (QED) is 0.671. The number of carbonyl (C=O) groups is 1. The average molecular weight is 350 g/mol. The van der Waals surface area contributed by atoms with E-state index in [1.165, 1.54) is 17.0 Å². The van der Waals surface area contributed by atoms with E-state index in [9.17, 15) is 9.18 Å². The lowest BCUT2D eigenvalue weighted by atomic mass is 10.2. The molecule has 5 heteroatoms. The molecule has 132 valence electrons. The molecule has 0 saturated carbocycles. The van der Waals surface area contributed by atoms with Crippen molar-refractivity contribution in [3.8, 4) is 5.75 Å². The number of halogens is 1. The van der Waals surface area contributed by atoms with Crippen LogP contribution in [0, 0.1) is 12.7 Å². The first-order valence-electron chi connectivity index (χ1n) is 8.27. The summed E-state index contributed by atoms with van der Waals surface area (Å²) in [4.78, 5) is 18.5. The summed E-state index contributed by atoms with van der Waals surface area (Å²) in [5.41, 5.74) is 1.93. The number of hydrogen-bond acceptors (Lipinski definition) is 3. The molecule has 0 aliphatic carbocycles. The Morgan fingerprint density at radius 2 is 1.77 bits per heavy atom. The Morgan fingerprint density at radius 3 is 2.42 bits per heavy atom. The van der Waals surface area contributed by atoms with Crippen LogP contribution in [0.5, 0.6) is 5.75 Å². The molecular weight excluding hydrogens is 331 g/mol. The normalized spacial score (nSPS) is 10.4. The summed E-state index contributed by atoms with van der Waals surface area (Å²) in [6.45, 7) is 2.16. The lowest BCUT2D eigenvalue weighted by Gasteiger charge is -2.22. The first kappa shape index (κ1) is 17.6. The van der Waals surface area contributed by atoms with Gasteiger partial charge >= 0.3 is 0 Å². The molecule has 1 heterocycles.